The van der Waals surface area contributed by atoms with Gasteiger partial charge < -0.3 is 20.5 Å². The summed E-state index contributed by atoms with van der Waals surface area (Å²) in [5.74, 6) is 0.763. The fraction of sp³-hybridized carbons (Fsp3) is 0.588. The molecule has 0 spiro atoms. The monoisotopic (exact) mass is 308 g/mol. The molecule has 0 saturated heterocycles. The highest BCUT2D eigenvalue weighted by molar-refractivity contribution is 5.90. The van der Waals surface area contributed by atoms with Gasteiger partial charge in [0, 0.05) is 19.5 Å². The number of carbonyl (C=O) groups is 1. The van der Waals surface area contributed by atoms with Gasteiger partial charge in [0.05, 0.1) is 18.9 Å². The topological polar surface area (TPSA) is 70.6 Å². The van der Waals surface area contributed by atoms with Gasteiger partial charge in [-0.2, -0.15) is 0 Å². The van der Waals surface area contributed by atoms with Gasteiger partial charge in [-0.25, -0.2) is 0 Å². The van der Waals surface area contributed by atoms with Crippen LogP contribution < -0.4 is 15.4 Å². The Kier molecular flexibility index (Phi) is 7.35. The average Bonchev–Trinajstić information content (AvgIpc) is 2.50. The van der Waals surface area contributed by atoms with E-state index in [-0.39, 0.29) is 24.0 Å². The first-order valence-electron chi connectivity index (χ1n) is 7.76. The number of nitrogens with one attached hydrogen (secondary N) is 2. The van der Waals surface area contributed by atoms with Crippen molar-refractivity contribution in [3.05, 3.63) is 23.8 Å². The lowest BCUT2D eigenvalue weighted by Gasteiger charge is -2.22. The number of ether oxygens (including phenoxy) is 1. The fourth-order valence-electron chi connectivity index (χ4n) is 2.17. The lowest BCUT2D eigenvalue weighted by atomic mass is 10.0. The number of aliphatic hydroxyl groups excluding tert-OH is 1. The van der Waals surface area contributed by atoms with Gasteiger partial charge in [-0.05, 0) is 30.5 Å². The molecule has 0 aliphatic heterocycles. The zero-order valence-electron chi connectivity index (χ0n) is 14.1. The Labute approximate surface area is 133 Å². The molecule has 1 aromatic rings. The first kappa shape index (κ1) is 18.5. The first-order valence-corrected chi connectivity index (χ1v) is 7.76. The molecule has 3 N–H and O–H groups in total. The van der Waals surface area contributed by atoms with E-state index < -0.39 is 0 Å². The lowest BCUT2D eigenvalue weighted by Crippen LogP contribution is -2.33. The van der Waals surface area contributed by atoms with E-state index in [2.05, 4.69) is 17.6 Å². The third-order valence-electron chi connectivity index (χ3n) is 3.97. The Hall–Kier alpha value is -1.59. The Morgan fingerprint density at radius 1 is 1.36 bits per heavy atom. The zero-order chi connectivity index (χ0) is 16.7. The first-order chi connectivity index (χ1) is 10.4. The molecule has 1 rings (SSSR count). The Morgan fingerprint density at radius 3 is 2.59 bits per heavy atom. The van der Waals surface area contributed by atoms with E-state index in [1.165, 1.54) is 6.92 Å². The van der Waals surface area contributed by atoms with Gasteiger partial charge in [0.15, 0.2) is 0 Å². The second-order valence-corrected chi connectivity index (χ2v) is 5.72. The van der Waals surface area contributed by atoms with Crippen molar-refractivity contribution in [1.29, 1.82) is 0 Å². The van der Waals surface area contributed by atoms with Crippen LogP contribution in [-0.2, 0) is 4.79 Å². The summed E-state index contributed by atoms with van der Waals surface area (Å²) in [7, 11) is 1.57. The van der Waals surface area contributed by atoms with Crippen molar-refractivity contribution in [2.45, 2.75) is 46.3 Å². The van der Waals surface area contributed by atoms with E-state index in [4.69, 9.17) is 4.74 Å². The number of hydrogen-bond donors (Lipinski definition) is 3. The van der Waals surface area contributed by atoms with Crippen LogP contribution in [0.4, 0.5) is 5.69 Å². The number of amides is 1. The summed E-state index contributed by atoms with van der Waals surface area (Å²) in [5, 5.41) is 16.1. The predicted octanol–water partition coefficient (Wildman–Crippen LogP) is 2.71. The summed E-state index contributed by atoms with van der Waals surface area (Å²) in [4.78, 5) is 11.3. The maximum atomic E-state index is 11.3. The number of anilines is 1. The smallest absolute Gasteiger partial charge is 0.221 e. The molecule has 0 radical (unpaired) electrons. The molecule has 5 heteroatoms. The Morgan fingerprint density at radius 2 is 2.05 bits per heavy atom. The second-order valence-electron chi connectivity index (χ2n) is 5.72. The number of methoxy groups -OCH3 is 1. The number of benzene rings is 1. The van der Waals surface area contributed by atoms with E-state index in [9.17, 15) is 9.90 Å². The summed E-state index contributed by atoms with van der Waals surface area (Å²) >= 11 is 0. The van der Waals surface area contributed by atoms with Crippen LogP contribution in [0.2, 0.25) is 0 Å². The summed E-state index contributed by atoms with van der Waals surface area (Å²) in [5.41, 5.74) is 1.68. The van der Waals surface area contributed by atoms with Gasteiger partial charge in [0.2, 0.25) is 5.91 Å². The van der Waals surface area contributed by atoms with Crippen molar-refractivity contribution < 1.29 is 14.6 Å². The van der Waals surface area contributed by atoms with Crippen LogP contribution >= 0.6 is 0 Å². The minimum atomic E-state index is -0.361. The largest absolute Gasteiger partial charge is 0.495 e. The van der Waals surface area contributed by atoms with E-state index >= 15 is 0 Å². The SMILES string of the molecule is CCC(C)C(O)CNC(C)c1ccc(OC)c(NC(C)=O)c1. The lowest BCUT2D eigenvalue weighted by molar-refractivity contribution is -0.114. The Balaban J connectivity index is 2.76. The van der Waals surface area contributed by atoms with Crippen LogP contribution in [0.5, 0.6) is 5.75 Å². The van der Waals surface area contributed by atoms with Crippen LogP contribution in [0.1, 0.15) is 45.7 Å². The van der Waals surface area contributed by atoms with Gasteiger partial charge in [-0.15, -0.1) is 0 Å². The summed E-state index contributed by atoms with van der Waals surface area (Å²) in [6.07, 6.45) is 0.590. The molecule has 1 amide bonds. The maximum Gasteiger partial charge on any atom is 0.221 e. The fourth-order valence-corrected chi connectivity index (χ4v) is 2.17. The third-order valence-corrected chi connectivity index (χ3v) is 3.97. The minimum Gasteiger partial charge on any atom is -0.495 e. The number of rotatable bonds is 8. The normalized spacial score (nSPS) is 15.0. The van der Waals surface area contributed by atoms with E-state index in [0.29, 0.717) is 18.0 Å². The Bertz CT molecular complexity index is 491. The van der Waals surface area contributed by atoms with Crippen LogP contribution in [0, 0.1) is 5.92 Å². The highest BCUT2D eigenvalue weighted by atomic mass is 16.5. The highest BCUT2D eigenvalue weighted by Crippen LogP contribution is 2.28. The van der Waals surface area contributed by atoms with Crippen LogP contribution in [0.15, 0.2) is 18.2 Å². The van der Waals surface area contributed by atoms with E-state index in [1.54, 1.807) is 7.11 Å². The van der Waals surface area contributed by atoms with Crippen LogP contribution in [0.3, 0.4) is 0 Å². The van der Waals surface area contributed by atoms with Gasteiger partial charge in [0.1, 0.15) is 5.75 Å². The second kappa shape index (κ2) is 8.76. The number of aliphatic hydroxyl groups is 1. The van der Waals surface area contributed by atoms with Crippen molar-refractivity contribution in [2.75, 3.05) is 19.0 Å². The highest BCUT2D eigenvalue weighted by Gasteiger charge is 2.15. The summed E-state index contributed by atoms with van der Waals surface area (Å²) in [6.45, 7) is 8.15. The quantitative estimate of drug-likeness (QED) is 0.690. The van der Waals surface area contributed by atoms with Crippen molar-refractivity contribution in [2.24, 2.45) is 5.92 Å². The molecule has 22 heavy (non-hydrogen) atoms. The van der Waals surface area contributed by atoms with Gasteiger partial charge in [0.25, 0.3) is 0 Å². The summed E-state index contributed by atoms with van der Waals surface area (Å²) in [6, 6.07) is 5.76. The molecule has 5 nitrogen and oxygen atoms in total. The van der Waals surface area contributed by atoms with Crippen molar-refractivity contribution in [3.63, 3.8) is 0 Å². The summed E-state index contributed by atoms with van der Waals surface area (Å²) < 4.78 is 5.25. The molecule has 0 saturated carbocycles. The average molecular weight is 308 g/mol. The molecule has 3 atom stereocenters. The molecular weight excluding hydrogens is 280 g/mol. The van der Waals surface area contributed by atoms with Crippen molar-refractivity contribution in [3.8, 4) is 5.75 Å². The minimum absolute atomic E-state index is 0.0668. The van der Waals surface area contributed by atoms with Crippen LogP contribution in [0.25, 0.3) is 0 Å². The van der Waals surface area contributed by atoms with Crippen molar-refractivity contribution in [1.82, 2.24) is 5.32 Å². The van der Waals surface area contributed by atoms with E-state index in [1.807, 2.05) is 32.0 Å². The molecule has 0 aliphatic carbocycles. The molecular formula is C17H28N2O3. The van der Waals surface area contributed by atoms with Gasteiger partial charge in [-0.1, -0.05) is 26.3 Å². The van der Waals surface area contributed by atoms with Crippen molar-refractivity contribution >= 4 is 11.6 Å². The van der Waals surface area contributed by atoms with Crippen LogP contribution in [-0.4, -0.2) is 30.8 Å². The maximum absolute atomic E-state index is 11.3. The molecule has 0 fully saturated rings. The molecule has 0 heterocycles. The zero-order valence-corrected chi connectivity index (χ0v) is 14.1. The third kappa shape index (κ3) is 5.31. The number of hydrogen-bond acceptors (Lipinski definition) is 4. The van der Waals surface area contributed by atoms with Gasteiger partial charge in [-0.3, -0.25) is 4.79 Å². The molecule has 124 valence electrons. The number of carbonyl (C=O) groups excluding carboxylic acids is 1. The molecule has 0 aliphatic rings. The molecule has 0 bridgehead atoms. The molecule has 1 aromatic carbocycles. The standard InChI is InChI=1S/C17H28N2O3/c1-6-11(2)16(21)10-18-12(3)14-7-8-17(22-5)15(9-14)19-13(4)20/h7-9,11-12,16,18,21H,6,10H2,1-5H3,(H,19,20). The predicted molar refractivity (Wildman–Crippen MR) is 89.2 cm³/mol. The van der Waals surface area contributed by atoms with E-state index in [0.717, 1.165) is 12.0 Å². The van der Waals surface area contributed by atoms with Gasteiger partial charge >= 0.3 is 0 Å². The molecule has 3 unspecified atom stereocenters. The molecule has 0 aromatic heterocycles.